The molecular formula is C12H5F5O2S. The average Bonchev–Trinajstić information content (AvgIpc) is 2.85. The SMILES string of the molecule is Cc1ccsc1C(=O)Oc1c(F)c(F)c(F)c(F)c1F. The van der Waals surface area contributed by atoms with Crippen LogP contribution < -0.4 is 4.74 Å². The van der Waals surface area contributed by atoms with Crippen LogP contribution in [-0.4, -0.2) is 5.97 Å². The van der Waals surface area contributed by atoms with Crippen molar-refractivity contribution in [2.24, 2.45) is 0 Å². The lowest BCUT2D eigenvalue weighted by molar-refractivity contribution is 0.0720. The molecule has 0 fully saturated rings. The van der Waals surface area contributed by atoms with E-state index in [2.05, 4.69) is 4.74 Å². The van der Waals surface area contributed by atoms with E-state index in [1.807, 2.05) is 0 Å². The Morgan fingerprint density at radius 1 is 1.00 bits per heavy atom. The van der Waals surface area contributed by atoms with E-state index in [0.29, 0.717) is 5.56 Å². The fraction of sp³-hybridized carbons (Fsp3) is 0.0833. The molecule has 106 valence electrons. The molecule has 0 spiro atoms. The first-order chi connectivity index (χ1) is 9.34. The van der Waals surface area contributed by atoms with Crippen LogP contribution in [0.4, 0.5) is 22.0 Å². The zero-order valence-corrected chi connectivity index (χ0v) is 10.6. The first-order valence-electron chi connectivity index (χ1n) is 5.12. The number of carbonyl (C=O) groups is 1. The lowest BCUT2D eigenvalue weighted by Crippen LogP contribution is -2.13. The second-order valence-corrected chi connectivity index (χ2v) is 4.64. The van der Waals surface area contributed by atoms with Gasteiger partial charge in [0.15, 0.2) is 0 Å². The van der Waals surface area contributed by atoms with Crippen LogP contribution in [0.15, 0.2) is 11.4 Å². The molecule has 0 radical (unpaired) electrons. The van der Waals surface area contributed by atoms with Crippen LogP contribution in [-0.2, 0) is 0 Å². The van der Waals surface area contributed by atoms with Crippen molar-refractivity contribution >= 4 is 17.3 Å². The Bertz CT molecular complexity index is 666. The molecule has 0 saturated carbocycles. The van der Waals surface area contributed by atoms with Crippen molar-refractivity contribution < 1.29 is 31.5 Å². The smallest absolute Gasteiger partial charge is 0.354 e. The van der Waals surface area contributed by atoms with Gasteiger partial charge in [-0.05, 0) is 23.9 Å². The summed E-state index contributed by atoms with van der Waals surface area (Å²) in [7, 11) is 0. The molecule has 2 nitrogen and oxygen atoms in total. The van der Waals surface area contributed by atoms with Crippen molar-refractivity contribution in [3.05, 3.63) is 51.0 Å². The minimum Gasteiger partial charge on any atom is -0.416 e. The number of hydrogen-bond donors (Lipinski definition) is 0. The number of halogens is 5. The van der Waals surface area contributed by atoms with Crippen molar-refractivity contribution in [2.75, 3.05) is 0 Å². The highest BCUT2D eigenvalue weighted by molar-refractivity contribution is 7.12. The van der Waals surface area contributed by atoms with E-state index in [9.17, 15) is 26.7 Å². The van der Waals surface area contributed by atoms with Gasteiger partial charge in [-0.1, -0.05) is 0 Å². The molecule has 0 N–H and O–H groups in total. The van der Waals surface area contributed by atoms with Gasteiger partial charge >= 0.3 is 5.97 Å². The van der Waals surface area contributed by atoms with E-state index in [1.165, 1.54) is 12.3 Å². The summed E-state index contributed by atoms with van der Waals surface area (Å²) >= 11 is 0.919. The molecule has 0 atom stereocenters. The molecule has 2 rings (SSSR count). The van der Waals surface area contributed by atoms with E-state index in [-0.39, 0.29) is 4.88 Å². The molecule has 0 unspecified atom stereocenters. The van der Waals surface area contributed by atoms with Gasteiger partial charge in [-0.15, -0.1) is 11.3 Å². The molecule has 1 heterocycles. The van der Waals surface area contributed by atoms with Gasteiger partial charge in [0.25, 0.3) is 0 Å². The standard InChI is InChI=1S/C12H5F5O2S/c1-4-2-3-20-11(4)12(18)19-10-8(16)6(14)5(13)7(15)9(10)17/h2-3H,1H3. The largest absolute Gasteiger partial charge is 0.416 e. The number of aryl methyl sites for hydroxylation is 1. The van der Waals surface area contributed by atoms with Crippen molar-refractivity contribution in [3.63, 3.8) is 0 Å². The Labute approximate surface area is 113 Å². The van der Waals surface area contributed by atoms with Crippen molar-refractivity contribution in [3.8, 4) is 5.75 Å². The van der Waals surface area contributed by atoms with Crippen LogP contribution in [0.25, 0.3) is 0 Å². The van der Waals surface area contributed by atoms with E-state index in [0.717, 1.165) is 11.3 Å². The monoisotopic (exact) mass is 308 g/mol. The van der Waals surface area contributed by atoms with Crippen molar-refractivity contribution in [1.29, 1.82) is 0 Å². The van der Waals surface area contributed by atoms with Crippen molar-refractivity contribution in [2.45, 2.75) is 6.92 Å². The first kappa shape index (κ1) is 14.4. The third kappa shape index (κ3) is 2.26. The Hall–Kier alpha value is -1.96. The topological polar surface area (TPSA) is 26.3 Å². The molecule has 2 aromatic rings. The average molecular weight is 308 g/mol. The maximum atomic E-state index is 13.3. The van der Waals surface area contributed by atoms with Crippen LogP contribution >= 0.6 is 11.3 Å². The van der Waals surface area contributed by atoms with Gasteiger partial charge in [0, 0.05) is 0 Å². The van der Waals surface area contributed by atoms with E-state index in [4.69, 9.17) is 0 Å². The van der Waals surface area contributed by atoms with Crippen LogP contribution in [0, 0.1) is 36.0 Å². The van der Waals surface area contributed by atoms with Gasteiger partial charge in [-0.25, -0.2) is 18.0 Å². The Morgan fingerprint density at radius 3 is 1.95 bits per heavy atom. The van der Waals surface area contributed by atoms with Gasteiger partial charge in [0.05, 0.1) is 0 Å². The third-order valence-corrected chi connectivity index (χ3v) is 3.41. The molecule has 0 saturated heterocycles. The predicted octanol–water partition coefficient (Wildman–Crippen LogP) is 3.97. The van der Waals surface area contributed by atoms with E-state index >= 15 is 0 Å². The summed E-state index contributed by atoms with van der Waals surface area (Å²) in [4.78, 5) is 11.6. The predicted molar refractivity (Wildman–Crippen MR) is 60.2 cm³/mol. The van der Waals surface area contributed by atoms with Crippen LogP contribution in [0.2, 0.25) is 0 Å². The molecule has 1 aromatic carbocycles. The zero-order chi connectivity index (χ0) is 15.0. The molecule has 8 heteroatoms. The molecule has 0 aliphatic heterocycles. The molecule has 0 bridgehead atoms. The number of carbonyl (C=O) groups excluding carboxylic acids is 1. The molecule has 1 aromatic heterocycles. The number of ether oxygens (including phenoxy) is 1. The highest BCUT2D eigenvalue weighted by Crippen LogP contribution is 2.30. The highest BCUT2D eigenvalue weighted by atomic mass is 32.1. The summed E-state index contributed by atoms with van der Waals surface area (Å²) in [5.74, 6) is -13.8. The third-order valence-electron chi connectivity index (χ3n) is 2.41. The first-order valence-corrected chi connectivity index (χ1v) is 6.00. The van der Waals surface area contributed by atoms with Gasteiger partial charge in [0.1, 0.15) is 4.88 Å². The molecule has 20 heavy (non-hydrogen) atoms. The minimum atomic E-state index is -2.31. The normalized spacial score (nSPS) is 10.7. The number of hydrogen-bond acceptors (Lipinski definition) is 3. The summed E-state index contributed by atoms with van der Waals surface area (Å²) in [5.41, 5.74) is 0.462. The van der Waals surface area contributed by atoms with Crippen LogP contribution in [0.1, 0.15) is 15.2 Å². The second kappa shape index (κ2) is 5.20. The number of esters is 1. The Kier molecular flexibility index (Phi) is 3.76. The minimum absolute atomic E-state index is 0.00828. The quantitative estimate of drug-likeness (QED) is 0.276. The maximum Gasteiger partial charge on any atom is 0.354 e. The van der Waals surface area contributed by atoms with Gasteiger partial charge in [-0.3, -0.25) is 0 Å². The number of thiophene rings is 1. The molecule has 0 aliphatic carbocycles. The van der Waals surface area contributed by atoms with E-state index in [1.54, 1.807) is 6.07 Å². The van der Waals surface area contributed by atoms with Crippen LogP contribution in [0.5, 0.6) is 5.75 Å². The number of rotatable bonds is 2. The fourth-order valence-corrected chi connectivity index (χ4v) is 2.20. The Balaban J connectivity index is 2.45. The maximum absolute atomic E-state index is 13.3. The summed E-state index contributed by atoms with van der Waals surface area (Å²) in [6, 6.07) is 1.54. The molecular weight excluding hydrogens is 303 g/mol. The van der Waals surface area contributed by atoms with E-state index < -0.39 is 40.8 Å². The lowest BCUT2D eigenvalue weighted by Gasteiger charge is -2.08. The second-order valence-electron chi connectivity index (χ2n) is 3.72. The molecule has 0 aliphatic rings. The summed E-state index contributed by atoms with van der Waals surface area (Å²) in [6.45, 7) is 1.53. The Morgan fingerprint density at radius 2 is 1.50 bits per heavy atom. The highest BCUT2D eigenvalue weighted by Gasteiger charge is 2.29. The zero-order valence-electron chi connectivity index (χ0n) is 9.77. The van der Waals surface area contributed by atoms with Crippen LogP contribution in [0.3, 0.4) is 0 Å². The van der Waals surface area contributed by atoms with Crippen molar-refractivity contribution in [1.82, 2.24) is 0 Å². The number of benzene rings is 1. The summed E-state index contributed by atoms with van der Waals surface area (Å²) in [6.07, 6.45) is 0. The van der Waals surface area contributed by atoms with Gasteiger partial charge < -0.3 is 4.74 Å². The van der Waals surface area contributed by atoms with Gasteiger partial charge in [-0.2, -0.15) is 8.78 Å². The lowest BCUT2D eigenvalue weighted by atomic mass is 10.2. The summed E-state index contributed by atoms with van der Waals surface area (Å²) < 4.78 is 69.6. The molecule has 0 amide bonds. The van der Waals surface area contributed by atoms with Gasteiger partial charge in [0.2, 0.25) is 34.8 Å². The summed E-state index contributed by atoms with van der Waals surface area (Å²) in [5, 5.41) is 1.52. The fourth-order valence-electron chi connectivity index (χ4n) is 1.40.